The van der Waals surface area contributed by atoms with Gasteiger partial charge >= 0.3 is 5.97 Å². The first-order valence-corrected chi connectivity index (χ1v) is 26.7. The van der Waals surface area contributed by atoms with Crippen molar-refractivity contribution in [1.29, 1.82) is 5.26 Å². The molecule has 0 bridgehead atoms. The van der Waals surface area contributed by atoms with Crippen molar-refractivity contribution in [2.75, 3.05) is 57.1 Å². The van der Waals surface area contributed by atoms with E-state index in [1.165, 1.54) is 39.4 Å². The fourth-order valence-electron chi connectivity index (χ4n) is 10.3. The van der Waals surface area contributed by atoms with Crippen LogP contribution in [0, 0.1) is 24.2 Å². The van der Waals surface area contributed by atoms with Crippen LogP contribution in [0.3, 0.4) is 0 Å². The lowest BCUT2D eigenvalue weighted by Gasteiger charge is -2.30. The molecular formula is C51H62N14O7S2. The predicted molar refractivity (Wildman–Crippen MR) is 277 cm³/mol. The molecule has 9 rings (SSSR count). The van der Waals surface area contributed by atoms with Crippen LogP contribution >= 0.6 is 22.7 Å². The number of aliphatic hydroxyl groups excluding tert-OH is 2. The molecule has 1 aliphatic carbocycles. The minimum absolute atomic E-state index is 0.0273. The number of methoxy groups -OCH3 is 1. The molecule has 0 radical (unpaired) electrons. The van der Waals surface area contributed by atoms with E-state index in [0.29, 0.717) is 46.1 Å². The number of hydrogen-bond donors (Lipinski definition) is 4. The molecule has 23 heteroatoms. The number of fused-ring (bicyclic) bond motifs is 1. The number of likely N-dealkylation sites (tertiary alicyclic amines) is 1. The van der Waals surface area contributed by atoms with Crippen LogP contribution < -0.4 is 20.7 Å². The summed E-state index contributed by atoms with van der Waals surface area (Å²) in [6, 6.07) is 9.55. The van der Waals surface area contributed by atoms with E-state index in [2.05, 4.69) is 53.5 Å². The van der Waals surface area contributed by atoms with Crippen LogP contribution in [-0.4, -0.2) is 131 Å². The molecule has 1 amide bonds. The number of amides is 1. The number of rotatable bonds is 17. The molecule has 390 valence electrons. The van der Waals surface area contributed by atoms with Gasteiger partial charge in [-0.1, -0.05) is 53.6 Å². The SMILES string of the molecule is COC(=O)[C@H](N/C(O)=C1/C[C@@H](O)CN1C(=O)C(C(C)C)n1cc(OCCCCN2CCCN(c3nccc(-c4noc([C@@]5(C)CCCc6sc(N)c(C#N)c65)n4)n3)[C@@H](C)C2)nn1)c1ccc(-c2scnc2C)cc1. The number of aryl methyl sites for hydroxylation is 2. The number of nitrogens with two attached hydrogens (primary N) is 1. The molecule has 1 aromatic carbocycles. The zero-order valence-electron chi connectivity index (χ0n) is 42.4. The van der Waals surface area contributed by atoms with E-state index in [9.17, 15) is 25.1 Å². The summed E-state index contributed by atoms with van der Waals surface area (Å²) >= 11 is 2.98. The third-order valence-electron chi connectivity index (χ3n) is 14.1. The number of aromatic nitrogens is 8. The summed E-state index contributed by atoms with van der Waals surface area (Å²) in [6.07, 6.45) is 7.47. The standard InChI is InChI=1S/C51H62N14O7S2/c1-29(2)42(47(68)64-26-34(66)23-37(64)46(67)57-41(48(69)70-6)32-12-14-33(15-13-32)43-31(4)55-28-73-43)65-27-39(59-61-65)71-22-8-7-19-62-20-10-21-63(30(3)25-62)50-54-18-16-36(56-50)45-58-49(72-60-45)51(5)17-9-11-38-40(51)35(24-52)44(53)74-38/h12-16,18,27-30,34,41-42,57,66-67H,7-11,17,19-23,25-26,53H2,1-6H3/b46-37+/t30-,34+,41+,42?,51-/m0/s1. The molecule has 2 fully saturated rings. The van der Waals surface area contributed by atoms with E-state index in [1.807, 2.05) is 39.8 Å². The van der Waals surface area contributed by atoms with Crippen molar-refractivity contribution in [2.45, 2.75) is 109 Å². The Morgan fingerprint density at radius 2 is 1.92 bits per heavy atom. The number of carbonyl (C=O) groups excluding carboxylic acids is 2. The number of thiophene rings is 1. The normalized spacial score (nSPS) is 20.7. The second kappa shape index (κ2) is 22.2. The Morgan fingerprint density at radius 1 is 1.11 bits per heavy atom. The van der Waals surface area contributed by atoms with Crippen LogP contribution in [-0.2, 0) is 26.2 Å². The Hall–Kier alpha value is -7.00. The van der Waals surface area contributed by atoms with Gasteiger partial charge in [0.1, 0.15) is 22.8 Å². The molecule has 2 saturated heterocycles. The maximum Gasteiger partial charge on any atom is 0.333 e. The molecule has 5 aromatic heterocycles. The zero-order valence-corrected chi connectivity index (χ0v) is 44.0. The second-order valence-corrected chi connectivity index (χ2v) is 21.7. The number of benzene rings is 1. The summed E-state index contributed by atoms with van der Waals surface area (Å²) in [4.78, 5) is 54.3. The van der Waals surface area contributed by atoms with Crippen molar-refractivity contribution in [3.8, 4) is 33.9 Å². The summed E-state index contributed by atoms with van der Waals surface area (Å²) in [5.41, 5.74) is 11.9. The lowest BCUT2D eigenvalue weighted by molar-refractivity contribution is -0.143. The number of hydrogen-bond acceptors (Lipinski definition) is 21. The molecule has 2 aliphatic heterocycles. The van der Waals surface area contributed by atoms with Gasteiger partial charge in [-0.15, -0.1) is 22.7 Å². The van der Waals surface area contributed by atoms with Crippen LogP contribution in [0.1, 0.15) is 111 Å². The highest BCUT2D eigenvalue weighted by Gasteiger charge is 2.44. The minimum Gasteiger partial charge on any atom is -0.494 e. The van der Waals surface area contributed by atoms with Crippen LogP contribution in [0.25, 0.3) is 22.0 Å². The zero-order chi connectivity index (χ0) is 52.3. The van der Waals surface area contributed by atoms with Crippen molar-refractivity contribution in [3.63, 3.8) is 0 Å². The molecule has 5 atom stereocenters. The number of anilines is 2. The van der Waals surface area contributed by atoms with E-state index >= 15 is 0 Å². The van der Waals surface area contributed by atoms with Gasteiger partial charge in [-0.05, 0) is 95.5 Å². The van der Waals surface area contributed by atoms with Gasteiger partial charge in [0.2, 0.25) is 23.5 Å². The van der Waals surface area contributed by atoms with E-state index in [-0.39, 0.29) is 36.5 Å². The van der Waals surface area contributed by atoms with Crippen molar-refractivity contribution in [3.05, 3.63) is 93.0 Å². The first-order valence-electron chi connectivity index (χ1n) is 25.0. The highest BCUT2D eigenvalue weighted by molar-refractivity contribution is 7.16. The number of nitrogen functional groups attached to an aromatic ring is 1. The van der Waals surface area contributed by atoms with Crippen LogP contribution in [0.4, 0.5) is 10.9 Å². The number of ether oxygens (including phenoxy) is 2. The van der Waals surface area contributed by atoms with E-state index in [4.69, 9.17) is 29.7 Å². The van der Waals surface area contributed by atoms with Gasteiger partial charge in [0.15, 0.2) is 6.04 Å². The number of β-amino-alcohol motifs (C(OH)–C–C–N with tert-alkyl or cyclic N) is 1. The van der Waals surface area contributed by atoms with Crippen LogP contribution in [0.2, 0.25) is 0 Å². The minimum atomic E-state index is -1.10. The van der Waals surface area contributed by atoms with Gasteiger partial charge in [-0.3, -0.25) is 4.79 Å². The monoisotopic (exact) mass is 1050 g/mol. The van der Waals surface area contributed by atoms with Crippen molar-refractivity contribution >= 4 is 45.5 Å². The molecule has 21 nitrogen and oxygen atoms in total. The Bertz CT molecular complexity index is 3030. The largest absolute Gasteiger partial charge is 0.494 e. The van der Waals surface area contributed by atoms with E-state index < -0.39 is 41.4 Å². The Balaban J connectivity index is 0.775. The summed E-state index contributed by atoms with van der Waals surface area (Å²) in [7, 11) is 1.26. The van der Waals surface area contributed by atoms with Crippen LogP contribution in [0.5, 0.6) is 5.88 Å². The van der Waals surface area contributed by atoms with Crippen molar-refractivity contribution in [2.24, 2.45) is 5.92 Å². The first kappa shape index (κ1) is 51.9. The Labute approximate surface area is 437 Å². The molecule has 1 unspecified atom stereocenters. The third-order valence-corrected chi connectivity index (χ3v) is 16.2. The average molecular weight is 1050 g/mol. The second-order valence-electron chi connectivity index (χ2n) is 19.7. The lowest BCUT2D eigenvalue weighted by atomic mass is 9.72. The predicted octanol–water partition coefficient (Wildman–Crippen LogP) is 6.49. The number of carbonyl (C=O) groups is 2. The quantitative estimate of drug-likeness (QED) is 0.0432. The Kier molecular flexibility index (Phi) is 15.6. The van der Waals surface area contributed by atoms with Crippen molar-refractivity contribution < 1.29 is 33.8 Å². The molecule has 6 aromatic rings. The first-order chi connectivity index (χ1) is 35.7. The number of nitrogens with one attached hydrogen (secondary N) is 1. The fourth-order valence-corrected chi connectivity index (χ4v) is 12.4. The molecule has 3 aliphatic rings. The summed E-state index contributed by atoms with van der Waals surface area (Å²) < 4.78 is 18.5. The van der Waals surface area contributed by atoms with Gasteiger partial charge in [0.25, 0.3) is 11.8 Å². The van der Waals surface area contributed by atoms with Gasteiger partial charge < -0.3 is 50.0 Å². The maximum absolute atomic E-state index is 14.3. The smallest absolute Gasteiger partial charge is 0.333 e. The molecule has 7 heterocycles. The number of esters is 1. The fraction of sp³-hybridized carbons (Fsp3) is 0.490. The maximum atomic E-state index is 14.3. The number of thiazole rings is 1. The Morgan fingerprint density at radius 3 is 2.66 bits per heavy atom. The lowest BCUT2D eigenvalue weighted by Crippen LogP contribution is -2.40. The molecule has 0 saturated carbocycles. The number of nitrogens with zero attached hydrogens (tertiary/aromatic N) is 12. The molecule has 74 heavy (non-hydrogen) atoms. The molecular weight excluding hydrogens is 985 g/mol. The third kappa shape index (κ3) is 10.7. The molecule has 0 spiro atoms. The number of nitriles is 1. The topological polar surface area (TPSA) is 273 Å². The highest BCUT2D eigenvalue weighted by Crippen LogP contribution is 2.48. The number of unbranched alkanes of at least 4 members (excludes halogenated alkanes) is 1. The van der Waals surface area contributed by atoms with Gasteiger partial charge in [-0.2, -0.15) is 10.2 Å². The van der Waals surface area contributed by atoms with E-state index in [0.717, 1.165) is 91.3 Å². The van der Waals surface area contributed by atoms with Gasteiger partial charge in [0.05, 0.1) is 65.3 Å². The number of aliphatic hydroxyl groups is 2. The highest BCUT2D eigenvalue weighted by atomic mass is 32.1. The van der Waals surface area contributed by atoms with Crippen molar-refractivity contribution in [1.82, 2.24) is 55.2 Å². The van der Waals surface area contributed by atoms with Crippen LogP contribution in [0.15, 0.2) is 64.3 Å². The molecule has 5 N–H and O–H groups in total. The average Bonchev–Trinajstić information content (AvgIpc) is 4.25. The summed E-state index contributed by atoms with van der Waals surface area (Å²) in [5, 5.41) is 48.5. The van der Waals surface area contributed by atoms with Gasteiger partial charge in [0, 0.05) is 42.2 Å². The summed E-state index contributed by atoms with van der Waals surface area (Å²) in [6.45, 7) is 13.6. The van der Waals surface area contributed by atoms with Gasteiger partial charge in [-0.25, -0.2) is 24.4 Å². The van der Waals surface area contributed by atoms with E-state index in [1.54, 1.807) is 36.1 Å². The summed E-state index contributed by atoms with van der Waals surface area (Å²) in [5.74, 6) is -0.0500.